The van der Waals surface area contributed by atoms with Crippen molar-refractivity contribution in [1.82, 2.24) is 8.53 Å². The van der Waals surface area contributed by atoms with Gasteiger partial charge in [-0.1, -0.05) is 0 Å². The fourth-order valence-corrected chi connectivity index (χ4v) is 21.4. The van der Waals surface area contributed by atoms with Gasteiger partial charge in [0.05, 0.1) is 0 Å². The minimum atomic E-state index is -3.07. The van der Waals surface area contributed by atoms with Crippen molar-refractivity contribution in [2.75, 3.05) is 40.8 Å². The van der Waals surface area contributed by atoms with E-state index in [1.165, 1.54) is 3.28 Å². The number of hydrogen-bond donors (Lipinski definition) is 0. The molecule has 0 aromatic rings. The van der Waals surface area contributed by atoms with Crippen molar-refractivity contribution in [1.29, 1.82) is 0 Å². The second-order valence-corrected chi connectivity index (χ2v) is 17.8. The number of rotatable bonds is 8. The quantitative estimate of drug-likeness (QED) is 0.553. The third kappa shape index (κ3) is 3.22. The van der Waals surface area contributed by atoms with Crippen LogP contribution in [0.5, 0.6) is 0 Å². The Hall–Kier alpha value is 0.716. The second kappa shape index (κ2) is 8.38. The molecule has 1 aliphatic rings. The van der Waals surface area contributed by atoms with Crippen LogP contribution in [0, 0.1) is 0 Å². The molecular formula is C14H30FGeN3Zr. The molecule has 20 heavy (non-hydrogen) atoms. The SMILES string of the molecule is CC[N](C)[Zr]([C]1=[C]([GeH2][F])C=CC1)([N](C)CC)[N](C)CC. The van der Waals surface area contributed by atoms with Gasteiger partial charge in [0.2, 0.25) is 0 Å². The first-order chi connectivity index (χ1) is 9.50. The second-order valence-electron chi connectivity index (χ2n) is 5.42. The van der Waals surface area contributed by atoms with E-state index in [1.807, 2.05) is 0 Å². The summed E-state index contributed by atoms with van der Waals surface area (Å²) in [6.45, 7) is 9.75. The molecule has 0 N–H and O–H groups in total. The van der Waals surface area contributed by atoms with Gasteiger partial charge >= 0.3 is 137 Å². The monoisotopic (exact) mass is 423 g/mol. The summed E-state index contributed by atoms with van der Waals surface area (Å²) in [7, 11) is 6.72. The van der Waals surface area contributed by atoms with Gasteiger partial charge in [0.15, 0.2) is 0 Å². The normalized spacial score (nSPS) is 16.9. The van der Waals surface area contributed by atoms with E-state index in [4.69, 9.17) is 0 Å². The summed E-state index contributed by atoms with van der Waals surface area (Å²) in [5.41, 5.74) is 0. The van der Waals surface area contributed by atoms with Crippen LogP contribution in [0.1, 0.15) is 27.2 Å². The molecule has 6 heteroatoms. The van der Waals surface area contributed by atoms with Crippen molar-refractivity contribution in [3.63, 3.8) is 0 Å². The molecule has 0 heterocycles. The van der Waals surface area contributed by atoms with Crippen LogP contribution in [-0.4, -0.2) is 65.2 Å². The first-order valence-electron chi connectivity index (χ1n) is 7.59. The Morgan fingerprint density at radius 3 is 1.85 bits per heavy atom. The maximum atomic E-state index is 13.6. The van der Waals surface area contributed by atoms with E-state index in [9.17, 15) is 3.50 Å². The standard InChI is InChI=1S/C5H6FGe.3C3H8N.Zr/c6-7-5-3-1-2-4-5;3*1-3-4-2;/h1,3H,2,7H2;3*3H2,1-2H3;/q;3*-1;+3. The summed E-state index contributed by atoms with van der Waals surface area (Å²) >= 11 is -5.10. The molecule has 0 fully saturated rings. The Morgan fingerprint density at radius 1 is 1.05 bits per heavy atom. The van der Waals surface area contributed by atoms with E-state index >= 15 is 0 Å². The van der Waals surface area contributed by atoms with Crippen molar-refractivity contribution in [2.24, 2.45) is 0 Å². The summed E-state index contributed by atoms with van der Waals surface area (Å²) in [6.07, 6.45) is 5.23. The number of allylic oxidation sites excluding steroid dienone is 4. The third-order valence-corrected chi connectivity index (χ3v) is 21.9. The van der Waals surface area contributed by atoms with Crippen LogP contribution in [0.15, 0.2) is 19.8 Å². The van der Waals surface area contributed by atoms with E-state index < -0.39 is 37.0 Å². The zero-order valence-electron chi connectivity index (χ0n) is 13.9. The van der Waals surface area contributed by atoms with Gasteiger partial charge in [-0.25, -0.2) is 0 Å². The molecule has 3 nitrogen and oxygen atoms in total. The molecule has 1 aliphatic carbocycles. The van der Waals surface area contributed by atoms with Gasteiger partial charge in [0.1, 0.15) is 0 Å². The molecule has 0 aromatic carbocycles. The first-order valence-corrected chi connectivity index (χ1v) is 14.7. The van der Waals surface area contributed by atoms with Crippen LogP contribution in [0.4, 0.5) is 3.50 Å². The Labute approximate surface area is 136 Å². The Morgan fingerprint density at radius 2 is 1.50 bits per heavy atom. The van der Waals surface area contributed by atoms with Gasteiger partial charge in [-0.05, 0) is 0 Å². The maximum absolute atomic E-state index is 13.6. The summed E-state index contributed by atoms with van der Waals surface area (Å²) < 4.78 is 23.9. The molecule has 0 atom stereocenters. The van der Waals surface area contributed by atoms with Crippen LogP contribution < -0.4 is 0 Å². The first kappa shape index (κ1) is 18.8. The molecule has 0 spiro atoms. The molecule has 1 rings (SSSR count). The van der Waals surface area contributed by atoms with Crippen molar-refractivity contribution in [3.05, 3.63) is 19.8 Å². The van der Waals surface area contributed by atoms with Crippen molar-refractivity contribution >= 4 is 15.9 Å². The number of nitrogens with zero attached hydrogens (tertiary/aromatic N) is 3. The van der Waals surface area contributed by atoms with Gasteiger partial charge < -0.3 is 0 Å². The molecule has 0 bridgehead atoms. The number of hydrogen-bond acceptors (Lipinski definition) is 3. The van der Waals surface area contributed by atoms with E-state index in [2.05, 4.69) is 62.6 Å². The Kier molecular flexibility index (Phi) is 7.86. The summed E-state index contributed by atoms with van der Waals surface area (Å²) in [5, 5.41) is 0. The summed E-state index contributed by atoms with van der Waals surface area (Å²) in [4.78, 5) is 0. The molecule has 0 saturated carbocycles. The summed E-state index contributed by atoms with van der Waals surface area (Å²) in [6, 6.07) is 0. The van der Waals surface area contributed by atoms with Gasteiger partial charge in [0.25, 0.3) is 0 Å². The van der Waals surface area contributed by atoms with E-state index in [1.54, 1.807) is 0 Å². The third-order valence-electron chi connectivity index (χ3n) is 4.60. The van der Waals surface area contributed by atoms with E-state index in [0.29, 0.717) is 0 Å². The fraction of sp³-hybridized carbons (Fsp3) is 0.714. The van der Waals surface area contributed by atoms with E-state index in [-0.39, 0.29) is 0 Å². The van der Waals surface area contributed by atoms with Crippen LogP contribution in [0.2, 0.25) is 0 Å². The Balaban J connectivity index is 3.45. The molecular weight excluding hydrogens is 393 g/mol. The van der Waals surface area contributed by atoms with Gasteiger partial charge in [-0.2, -0.15) is 0 Å². The topological polar surface area (TPSA) is 9.72 Å². The molecule has 0 aliphatic heterocycles. The molecule has 0 radical (unpaired) electrons. The van der Waals surface area contributed by atoms with E-state index in [0.717, 1.165) is 30.5 Å². The zero-order chi connectivity index (χ0) is 15.3. The Bertz CT molecular complexity index is 360. The molecule has 0 amide bonds. The molecule has 116 valence electrons. The predicted molar refractivity (Wildman–Crippen MR) is 85.3 cm³/mol. The summed E-state index contributed by atoms with van der Waals surface area (Å²) in [5.74, 6) is 0. The van der Waals surface area contributed by atoms with Crippen LogP contribution in [0.25, 0.3) is 0 Å². The van der Waals surface area contributed by atoms with Gasteiger partial charge in [0, 0.05) is 0 Å². The fourth-order valence-electron chi connectivity index (χ4n) is 3.26. The number of halogens is 1. The molecule has 0 saturated heterocycles. The van der Waals surface area contributed by atoms with Crippen LogP contribution in [0.3, 0.4) is 0 Å². The average Bonchev–Trinajstić information content (AvgIpc) is 2.95. The van der Waals surface area contributed by atoms with Crippen LogP contribution >= 0.6 is 0 Å². The average molecular weight is 423 g/mol. The van der Waals surface area contributed by atoms with Crippen LogP contribution in [-0.2, 0) is 21.1 Å². The van der Waals surface area contributed by atoms with Gasteiger partial charge in [-0.3, -0.25) is 0 Å². The molecule has 0 aromatic heterocycles. The molecule has 0 unspecified atom stereocenters. The minimum absolute atomic E-state index is 0.972. The van der Waals surface area contributed by atoms with Gasteiger partial charge in [-0.15, -0.1) is 0 Å². The van der Waals surface area contributed by atoms with Crippen molar-refractivity contribution in [2.45, 2.75) is 27.2 Å². The zero-order valence-corrected chi connectivity index (χ0v) is 19.3. The predicted octanol–water partition coefficient (Wildman–Crippen LogP) is 1.97. The van der Waals surface area contributed by atoms with Crippen molar-refractivity contribution < 1.29 is 24.6 Å². The van der Waals surface area contributed by atoms with Crippen molar-refractivity contribution in [3.8, 4) is 0 Å².